The standard InChI is InChI=1S/C10H13BrN2O/c1-8-6-12-5-3-9(8)7-13-10(14)2-4-11/h3,5-6H,2,4,7H2,1H3,(H,13,14). The van der Waals surface area contributed by atoms with Crippen LogP contribution >= 0.6 is 15.9 Å². The van der Waals surface area contributed by atoms with Crippen molar-refractivity contribution in [1.82, 2.24) is 10.3 Å². The summed E-state index contributed by atoms with van der Waals surface area (Å²) < 4.78 is 0. The average Bonchev–Trinajstić information content (AvgIpc) is 2.17. The van der Waals surface area contributed by atoms with Crippen molar-refractivity contribution in [3.05, 3.63) is 29.6 Å². The van der Waals surface area contributed by atoms with Crippen molar-refractivity contribution >= 4 is 21.8 Å². The molecule has 0 unspecified atom stereocenters. The van der Waals surface area contributed by atoms with Gasteiger partial charge in [0.2, 0.25) is 5.91 Å². The van der Waals surface area contributed by atoms with Crippen molar-refractivity contribution in [2.45, 2.75) is 19.9 Å². The largest absolute Gasteiger partial charge is 0.352 e. The van der Waals surface area contributed by atoms with Gasteiger partial charge in [0.05, 0.1) is 0 Å². The third-order valence-electron chi connectivity index (χ3n) is 1.93. The fourth-order valence-electron chi connectivity index (χ4n) is 1.07. The Morgan fingerprint density at radius 1 is 1.64 bits per heavy atom. The van der Waals surface area contributed by atoms with Crippen molar-refractivity contribution in [2.24, 2.45) is 0 Å². The van der Waals surface area contributed by atoms with E-state index >= 15 is 0 Å². The van der Waals surface area contributed by atoms with Crippen LogP contribution in [0.5, 0.6) is 0 Å². The highest BCUT2D eigenvalue weighted by atomic mass is 79.9. The average molecular weight is 257 g/mol. The van der Waals surface area contributed by atoms with Crippen LogP contribution in [0.4, 0.5) is 0 Å². The number of rotatable bonds is 4. The van der Waals surface area contributed by atoms with Crippen LogP contribution in [-0.2, 0) is 11.3 Å². The number of nitrogens with one attached hydrogen (secondary N) is 1. The van der Waals surface area contributed by atoms with E-state index in [-0.39, 0.29) is 5.91 Å². The molecule has 0 aliphatic rings. The SMILES string of the molecule is Cc1cnccc1CNC(=O)CCBr. The molecule has 1 aromatic heterocycles. The molecule has 0 aliphatic carbocycles. The molecular weight excluding hydrogens is 244 g/mol. The van der Waals surface area contributed by atoms with Crippen LogP contribution in [0.1, 0.15) is 17.5 Å². The molecule has 14 heavy (non-hydrogen) atoms. The van der Waals surface area contributed by atoms with E-state index in [1.807, 2.05) is 13.0 Å². The summed E-state index contributed by atoms with van der Waals surface area (Å²) in [6.45, 7) is 2.57. The number of hydrogen-bond acceptors (Lipinski definition) is 2. The number of alkyl halides is 1. The Morgan fingerprint density at radius 2 is 2.43 bits per heavy atom. The Kier molecular flexibility index (Phi) is 4.59. The summed E-state index contributed by atoms with van der Waals surface area (Å²) in [4.78, 5) is 15.2. The van der Waals surface area contributed by atoms with Gasteiger partial charge in [-0.25, -0.2) is 0 Å². The Balaban J connectivity index is 2.46. The molecule has 1 N–H and O–H groups in total. The van der Waals surface area contributed by atoms with Crippen LogP contribution < -0.4 is 5.32 Å². The van der Waals surface area contributed by atoms with Crippen LogP contribution in [-0.4, -0.2) is 16.2 Å². The quantitative estimate of drug-likeness (QED) is 0.835. The number of halogens is 1. The fourth-order valence-corrected chi connectivity index (χ4v) is 1.43. The van der Waals surface area contributed by atoms with Gasteiger partial charge in [0, 0.05) is 30.7 Å². The lowest BCUT2D eigenvalue weighted by atomic mass is 10.1. The first-order valence-electron chi connectivity index (χ1n) is 4.46. The molecule has 0 saturated carbocycles. The highest BCUT2D eigenvalue weighted by molar-refractivity contribution is 9.09. The highest BCUT2D eigenvalue weighted by Crippen LogP contribution is 2.04. The summed E-state index contributed by atoms with van der Waals surface area (Å²) in [7, 11) is 0. The summed E-state index contributed by atoms with van der Waals surface area (Å²) in [6.07, 6.45) is 4.05. The van der Waals surface area contributed by atoms with Crippen molar-refractivity contribution in [2.75, 3.05) is 5.33 Å². The van der Waals surface area contributed by atoms with E-state index in [0.717, 1.165) is 11.1 Å². The van der Waals surface area contributed by atoms with Crippen molar-refractivity contribution in [1.29, 1.82) is 0 Å². The molecule has 1 heterocycles. The van der Waals surface area contributed by atoms with Gasteiger partial charge in [0.1, 0.15) is 0 Å². The third kappa shape index (κ3) is 3.46. The molecule has 0 bridgehead atoms. The molecular formula is C10H13BrN2O. The van der Waals surface area contributed by atoms with Crippen LogP contribution in [0.2, 0.25) is 0 Å². The molecule has 3 nitrogen and oxygen atoms in total. The first-order valence-corrected chi connectivity index (χ1v) is 5.58. The molecule has 0 atom stereocenters. The van der Waals surface area contributed by atoms with E-state index in [0.29, 0.717) is 18.3 Å². The summed E-state index contributed by atoms with van der Waals surface area (Å²) in [5.41, 5.74) is 2.22. The lowest BCUT2D eigenvalue weighted by molar-refractivity contribution is -0.120. The van der Waals surface area contributed by atoms with E-state index in [1.54, 1.807) is 12.4 Å². The first kappa shape index (κ1) is 11.2. The van der Waals surface area contributed by atoms with E-state index in [2.05, 4.69) is 26.2 Å². The molecule has 0 aromatic carbocycles. The van der Waals surface area contributed by atoms with E-state index < -0.39 is 0 Å². The topological polar surface area (TPSA) is 42.0 Å². The second-order valence-corrected chi connectivity index (χ2v) is 3.81. The van der Waals surface area contributed by atoms with Crippen molar-refractivity contribution in [3.63, 3.8) is 0 Å². The third-order valence-corrected chi connectivity index (χ3v) is 2.33. The van der Waals surface area contributed by atoms with Gasteiger partial charge in [-0.3, -0.25) is 9.78 Å². The second-order valence-electron chi connectivity index (χ2n) is 3.02. The normalized spacial score (nSPS) is 9.86. The number of nitrogens with zero attached hydrogens (tertiary/aromatic N) is 1. The summed E-state index contributed by atoms with van der Waals surface area (Å²) in [6, 6.07) is 1.92. The maximum Gasteiger partial charge on any atom is 0.221 e. The predicted molar refractivity (Wildman–Crippen MR) is 59.2 cm³/mol. The molecule has 0 fully saturated rings. The Morgan fingerprint density at radius 3 is 3.07 bits per heavy atom. The predicted octanol–water partition coefficient (Wildman–Crippen LogP) is 1.79. The molecule has 0 saturated heterocycles. The lowest BCUT2D eigenvalue weighted by Crippen LogP contribution is -2.23. The second kappa shape index (κ2) is 5.75. The Labute approximate surface area is 92.1 Å². The molecule has 1 aromatic rings. The van der Waals surface area contributed by atoms with Gasteiger partial charge in [-0.15, -0.1) is 0 Å². The summed E-state index contributed by atoms with van der Waals surface area (Å²) >= 11 is 3.22. The maximum absolute atomic E-state index is 11.2. The van der Waals surface area contributed by atoms with Crippen LogP contribution in [0.15, 0.2) is 18.5 Å². The van der Waals surface area contributed by atoms with Gasteiger partial charge in [0.15, 0.2) is 0 Å². The lowest BCUT2D eigenvalue weighted by Gasteiger charge is -2.06. The van der Waals surface area contributed by atoms with Gasteiger partial charge < -0.3 is 5.32 Å². The van der Waals surface area contributed by atoms with Crippen LogP contribution in [0.25, 0.3) is 0 Å². The molecule has 0 radical (unpaired) electrons. The molecule has 4 heteroatoms. The molecule has 1 rings (SSSR count). The zero-order valence-electron chi connectivity index (χ0n) is 8.09. The number of carbonyl (C=O) groups excluding carboxylic acids is 1. The molecule has 0 aliphatic heterocycles. The number of pyridine rings is 1. The van der Waals surface area contributed by atoms with Crippen molar-refractivity contribution < 1.29 is 4.79 Å². The Bertz CT molecular complexity index is 315. The zero-order chi connectivity index (χ0) is 10.4. The molecule has 76 valence electrons. The number of aryl methyl sites for hydroxylation is 1. The van der Waals surface area contributed by atoms with Gasteiger partial charge in [-0.1, -0.05) is 15.9 Å². The zero-order valence-corrected chi connectivity index (χ0v) is 9.67. The minimum Gasteiger partial charge on any atom is -0.352 e. The van der Waals surface area contributed by atoms with Gasteiger partial charge in [0.25, 0.3) is 0 Å². The van der Waals surface area contributed by atoms with Gasteiger partial charge in [-0.05, 0) is 24.1 Å². The molecule has 1 amide bonds. The first-order chi connectivity index (χ1) is 6.74. The Hall–Kier alpha value is -0.900. The smallest absolute Gasteiger partial charge is 0.221 e. The fraction of sp³-hybridized carbons (Fsp3) is 0.400. The van der Waals surface area contributed by atoms with E-state index in [9.17, 15) is 4.79 Å². The summed E-state index contributed by atoms with van der Waals surface area (Å²) in [5.74, 6) is 0.0677. The minimum absolute atomic E-state index is 0.0677. The number of carbonyl (C=O) groups is 1. The van der Waals surface area contributed by atoms with E-state index in [1.165, 1.54) is 0 Å². The number of hydrogen-bond donors (Lipinski definition) is 1. The monoisotopic (exact) mass is 256 g/mol. The molecule has 0 spiro atoms. The van der Waals surface area contributed by atoms with Crippen LogP contribution in [0, 0.1) is 6.92 Å². The van der Waals surface area contributed by atoms with Gasteiger partial charge in [-0.2, -0.15) is 0 Å². The van der Waals surface area contributed by atoms with E-state index in [4.69, 9.17) is 0 Å². The summed E-state index contributed by atoms with van der Waals surface area (Å²) in [5, 5.41) is 3.55. The number of amides is 1. The highest BCUT2D eigenvalue weighted by Gasteiger charge is 2.01. The minimum atomic E-state index is 0.0677. The van der Waals surface area contributed by atoms with Crippen molar-refractivity contribution in [3.8, 4) is 0 Å². The number of aromatic nitrogens is 1. The van der Waals surface area contributed by atoms with Gasteiger partial charge >= 0.3 is 0 Å². The maximum atomic E-state index is 11.2. The van der Waals surface area contributed by atoms with Crippen LogP contribution in [0.3, 0.4) is 0 Å².